The van der Waals surface area contributed by atoms with Crippen molar-refractivity contribution < 1.29 is 13.2 Å². The van der Waals surface area contributed by atoms with E-state index in [0.29, 0.717) is 29.9 Å². The number of sulfonamides is 1. The molecule has 1 heterocycles. The molecule has 1 fully saturated rings. The number of carbonyl (C=O) groups excluding carboxylic acids is 1. The van der Waals surface area contributed by atoms with Crippen LogP contribution < -0.4 is 10.2 Å². The number of hydrogen-bond donors (Lipinski definition) is 1. The van der Waals surface area contributed by atoms with E-state index >= 15 is 0 Å². The van der Waals surface area contributed by atoms with E-state index in [1.54, 1.807) is 50.2 Å². The van der Waals surface area contributed by atoms with Gasteiger partial charge in [-0.15, -0.1) is 0 Å². The third-order valence-corrected chi connectivity index (χ3v) is 7.30. The smallest absolute Gasteiger partial charge is 0.257 e. The number of anilines is 2. The molecule has 30 heavy (non-hydrogen) atoms. The average molecular weight is 427 g/mol. The van der Waals surface area contributed by atoms with Crippen molar-refractivity contribution in [1.29, 1.82) is 5.26 Å². The molecule has 0 radical (unpaired) electrons. The maximum atomic E-state index is 13.2. The fourth-order valence-corrected chi connectivity index (χ4v) is 5.15. The standard InChI is InChI=1S/C22H26N4O3S/c1-3-26(4-2)30(28,29)19-10-11-21(25-12-5-6-13-25)20(15-19)22(27)24-18-9-7-8-17(14-18)16-23/h7-11,14-15H,3-6,12-13H2,1-2H3,(H,24,27). The van der Waals surface area contributed by atoms with Crippen LogP contribution in [0, 0.1) is 11.3 Å². The van der Waals surface area contributed by atoms with Crippen LogP contribution in [-0.4, -0.2) is 44.8 Å². The zero-order chi connectivity index (χ0) is 21.7. The molecule has 8 heteroatoms. The molecular weight excluding hydrogens is 400 g/mol. The Bertz CT molecular complexity index is 1070. The molecule has 0 bridgehead atoms. The molecule has 7 nitrogen and oxygen atoms in total. The van der Waals surface area contributed by atoms with Gasteiger partial charge in [0.25, 0.3) is 5.91 Å². The largest absolute Gasteiger partial charge is 0.371 e. The summed E-state index contributed by atoms with van der Waals surface area (Å²) in [5, 5.41) is 11.9. The minimum absolute atomic E-state index is 0.102. The highest BCUT2D eigenvalue weighted by Gasteiger charge is 2.26. The van der Waals surface area contributed by atoms with Crippen LogP contribution in [0.15, 0.2) is 47.4 Å². The lowest BCUT2D eigenvalue weighted by Gasteiger charge is -2.23. The highest BCUT2D eigenvalue weighted by Crippen LogP contribution is 2.29. The molecule has 0 saturated carbocycles. The second kappa shape index (κ2) is 9.28. The number of rotatable bonds is 7. The minimum Gasteiger partial charge on any atom is -0.371 e. The van der Waals surface area contributed by atoms with E-state index in [9.17, 15) is 13.2 Å². The number of nitrogens with zero attached hydrogens (tertiary/aromatic N) is 3. The van der Waals surface area contributed by atoms with Gasteiger partial charge in [-0.1, -0.05) is 19.9 Å². The van der Waals surface area contributed by atoms with Crippen LogP contribution in [0.5, 0.6) is 0 Å². The van der Waals surface area contributed by atoms with Crippen molar-refractivity contribution in [3.63, 3.8) is 0 Å². The van der Waals surface area contributed by atoms with Crippen molar-refractivity contribution >= 4 is 27.3 Å². The van der Waals surface area contributed by atoms with E-state index in [1.165, 1.54) is 10.4 Å². The monoisotopic (exact) mass is 426 g/mol. The van der Waals surface area contributed by atoms with Crippen molar-refractivity contribution in [1.82, 2.24) is 4.31 Å². The molecule has 0 atom stereocenters. The second-order valence-electron chi connectivity index (χ2n) is 7.11. The maximum Gasteiger partial charge on any atom is 0.257 e. The highest BCUT2D eigenvalue weighted by molar-refractivity contribution is 7.89. The SMILES string of the molecule is CCN(CC)S(=O)(=O)c1ccc(N2CCCC2)c(C(=O)Nc2cccc(C#N)c2)c1. The van der Waals surface area contributed by atoms with Crippen molar-refractivity contribution in [2.24, 2.45) is 0 Å². The van der Waals surface area contributed by atoms with Gasteiger partial charge in [-0.05, 0) is 49.2 Å². The lowest BCUT2D eigenvalue weighted by atomic mass is 10.1. The molecule has 0 spiro atoms. The van der Waals surface area contributed by atoms with Gasteiger partial charge in [-0.3, -0.25) is 4.79 Å². The first-order valence-corrected chi connectivity index (χ1v) is 11.5. The highest BCUT2D eigenvalue weighted by atomic mass is 32.2. The number of hydrogen-bond acceptors (Lipinski definition) is 5. The molecule has 2 aromatic rings. The Kier molecular flexibility index (Phi) is 6.75. The summed E-state index contributed by atoms with van der Waals surface area (Å²) in [6.45, 7) is 5.94. The van der Waals surface area contributed by atoms with Crippen LogP contribution in [0.1, 0.15) is 42.6 Å². The van der Waals surface area contributed by atoms with Crippen LogP contribution in [-0.2, 0) is 10.0 Å². The summed E-state index contributed by atoms with van der Waals surface area (Å²) in [7, 11) is -3.69. The molecule has 2 aromatic carbocycles. The fraction of sp³-hybridized carbons (Fsp3) is 0.364. The van der Waals surface area contributed by atoms with Crippen LogP contribution in [0.2, 0.25) is 0 Å². The Labute approximate surface area is 178 Å². The Balaban J connectivity index is 2.02. The summed E-state index contributed by atoms with van der Waals surface area (Å²) in [6.07, 6.45) is 2.07. The second-order valence-corrected chi connectivity index (χ2v) is 9.05. The topological polar surface area (TPSA) is 93.5 Å². The fourth-order valence-electron chi connectivity index (χ4n) is 3.67. The first-order valence-electron chi connectivity index (χ1n) is 10.1. The number of nitriles is 1. The summed E-state index contributed by atoms with van der Waals surface area (Å²) in [5.41, 5.74) is 1.96. The molecule has 0 aromatic heterocycles. The van der Waals surface area contributed by atoms with Crippen molar-refractivity contribution in [2.75, 3.05) is 36.4 Å². The van der Waals surface area contributed by atoms with Gasteiger partial charge in [0.1, 0.15) is 0 Å². The van der Waals surface area contributed by atoms with Gasteiger partial charge in [0.2, 0.25) is 10.0 Å². The van der Waals surface area contributed by atoms with Gasteiger partial charge >= 0.3 is 0 Å². The number of nitrogens with one attached hydrogen (secondary N) is 1. The van der Waals surface area contributed by atoms with E-state index in [2.05, 4.69) is 10.2 Å². The van der Waals surface area contributed by atoms with E-state index in [4.69, 9.17) is 5.26 Å². The number of carbonyl (C=O) groups is 1. The van der Waals surface area contributed by atoms with Gasteiger partial charge in [-0.2, -0.15) is 9.57 Å². The molecule has 158 valence electrons. The Morgan fingerprint density at radius 1 is 1.13 bits per heavy atom. The predicted octanol–water partition coefficient (Wildman–Crippen LogP) is 3.44. The van der Waals surface area contributed by atoms with Crippen LogP contribution >= 0.6 is 0 Å². The first kappa shape index (κ1) is 21.8. The van der Waals surface area contributed by atoms with Crippen molar-refractivity contribution in [3.05, 3.63) is 53.6 Å². The predicted molar refractivity (Wildman–Crippen MR) is 117 cm³/mol. The van der Waals surface area contributed by atoms with Crippen LogP contribution in [0.4, 0.5) is 11.4 Å². The van der Waals surface area contributed by atoms with E-state index in [1.807, 2.05) is 6.07 Å². The van der Waals surface area contributed by atoms with E-state index in [-0.39, 0.29) is 4.90 Å². The third-order valence-electron chi connectivity index (χ3n) is 5.25. The lowest BCUT2D eigenvalue weighted by Crippen LogP contribution is -2.31. The van der Waals surface area contributed by atoms with Gasteiger partial charge in [0, 0.05) is 37.6 Å². The zero-order valence-electron chi connectivity index (χ0n) is 17.3. The summed E-state index contributed by atoms with van der Waals surface area (Å²) in [5.74, 6) is -0.399. The minimum atomic E-state index is -3.69. The zero-order valence-corrected chi connectivity index (χ0v) is 18.1. The molecule has 1 aliphatic rings. The Morgan fingerprint density at radius 3 is 2.47 bits per heavy atom. The van der Waals surface area contributed by atoms with Gasteiger partial charge in [-0.25, -0.2) is 8.42 Å². The van der Waals surface area contributed by atoms with Gasteiger partial charge in [0.15, 0.2) is 0 Å². The van der Waals surface area contributed by atoms with Crippen molar-refractivity contribution in [3.8, 4) is 6.07 Å². The molecule has 0 aliphatic carbocycles. The summed E-state index contributed by atoms with van der Waals surface area (Å²) in [4.78, 5) is 15.4. The quantitative estimate of drug-likeness (QED) is 0.732. The lowest BCUT2D eigenvalue weighted by molar-refractivity contribution is 0.102. The molecule has 0 unspecified atom stereocenters. The molecule has 1 amide bonds. The van der Waals surface area contributed by atoms with Crippen LogP contribution in [0.25, 0.3) is 0 Å². The van der Waals surface area contributed by atoms with Crippen LogP contribution in [0.3, 0.4) is 0 Å². The van der Waals surface area contributed by atoms with E-state index in [0.717, 1.165) is 31.6 Å². The molecule has 3 rings (SSSR count). The summed E-state index contributed by atoms with van der Waals surface area (Å²) >= 11 is 0. The number of amides is 1. The summed E-state index contributed by atoms with van der Waals surface area (Å²) in [6, 6.07) is 13.4. The van der Waals surface area contributed by atoms with E-state index < -0.39 is 15.9 Å². The Morgan fingerprint density at radius 2 is 1.83 bits per heavy atom. The average Bonchev–Trinajstić information content (AvgIpc) is 3.29. The van der Waals surface area contributed by atoms with Gasteiger partial charge in [0.05, 0.1) is 22.1 Å². The van der Waals surface area contributed by atoms with Crippen molar-refractivity contribution in [2.45, 2.75) is 31.6 Å². The van der Waals surface area contributed by atoms with Gasteiger partial charge < -0.3 is 10.2 Å². The molecule has 1 saturated heterocycles. The molecule has 1 aliphatic heterocycles. The normalized spacial score (nSPS) is 14.0. The first-order chi connectivity index (χ1) is 14.4. The molecule has 1 N–H and O–H groups in total. The Hall–Kier alpha value is -2.89. The molecular formula is C22H26N4O3S. The number of benzene rings is 2. The summed E-state index contributed by atoms with van der Waals surface area (Å²) < 4.78 is 27.3. The third kappa shape index (κ3) is 4.48. The maximum absolute atomic E-state index is 13.2.